The summed E-state index contributed by atoms with van der Waals surface area (Å²) in [6.07, 6.45) is 1.50. The van der Waals surface area contributed by atoms with Crippen LogP contribution in [0.15, 0.2) is 0 Å². The van der Waals surface area contributed by atoms with E-state index in [4.69, 9.17) is 8.47 Å². The van der Waals surface area contributed by atoms with Gasteiger partial charge in [-0.1, -0.05) is 0 Å². The fourth-order valence-electron chi connectivity index (χ4n) is 0. The molecule has 0 aliphatic heterocycles. The third kappa shape index (κ3) is 5780. The van der Waals surface area contributed by atoms with Crippen LogP contribution in [0.25, 0.3) is 0 Å². The van der Waals surface area contributed by atoms with Crippen molar-refractivity contribution in [2.75, 3.05) is 0 Å². The van der Waals surface area contributed by atoms with Gasteiger partial charge in [-0.05, 0) is 0 Å². The first kappa shape index (κ1) is 8.91. The van der Waals surface area contributed by atoms with Crippen LogP contribution in [0.2, 0.25) is 0 Å². The van der Waals surface area contributed by atoms with Crippen molar-refractivity contribution < 1.29 is 25.8 Å². The van der Waals surface area contributed by atoms with E-state index < -0.39 is 0 Å². The average Bonchev–Trinajstić information content (AvgIpc) is 1.46. The Morgan fingerprint density at radius 2 is 1.60 bits per heavy atom. The van der Waals surface area contributed by atoms with Crippen molar-refractivity contribution >= 4 is 6.29 Å². The predicted molar refractivity (Wildman–Crippen MR) is 12.1 cm³/mol. The molecule has 2 nitrogen and oxygen atoms in total. The Bertz CT molecular complexity index is 21.6. The van der Waals surface area contributed by atoms with Crippen molar-refractivity contribution in [3.05, 3.63) is 0 Å². The van der Waals surface area contributed by atoms with Gasteiger partial charge in [-0.15, -0.1) is 0 Å². The fourth-order valence-corrected chi connectivity index (χ4v) is 0. The molecule has 0 radical (unpaired) electrons. The molecule has 0 bridgehead atoms. The topological polar surface area (TPSA) is 34.1 Å². The fraction of sp³-hybridized carbons (Fsp3) is 0.500. The first-order valence-corrected chi connectivity index (χ1v) is 1.46. The zero-order chi connectivity index (χ0) is 4.71. The Balaban J connectivity index is 0. The van der Waals surface area contributed by atoms with E-state index >= 15 is 0 Å². The summed E-state index contributed by atoms with van der Waals surface area (Å²) in [5, 5.41) is 0. The minimum atomic E-state index is 1.06. The van der Waals surface area contributed by atoms with Gasteiger partial charge in [0.2, 0.25) is 0 Å². The summed E-state index contributed by atoms with van der Waals surface area (Å²) in [5.41, 5.74) is 0. The van der Waals surface area contributed by atoms with Crippen LogP contribution in [-0.2, 0) is 25.8 Å². The first-order chi connectivity index (χ1) is 2.41. The Morgan fingerprint density at radius 1 is 1.60 bits per heavy atom. The number of hydrogen-bond donors (Lipinski definition) is 0. The van der Waals surface area contributed by atoms with Gasteiger partial charge in [0.05, 0.1) is 0 Å². The second-order valence-electron chi connectivity index (χ2n) is 0.204. The van der Waals surface area contributed by atoms with Crippen molar-refractivity contribution in [1.82, 2.24) is 0 Å². The van der Waals surface area contributed by atoms with Crippen LogP contribution in [0.4, 0.5) is 0 Å². The van der Waals surface area contributed by atoms with Crippen LogP contribution in [0.1, 0.15) is 6.92 Å². The van der Waals surface area contributed by atoms with Gasteiger partial charge in [-0.2, -0.15) is 6.92 Å². The molecule has 0 saturated heterocycles. The molecule has 0 aromatic rings. The normalized spacial score (nSPS) is 3.20. The van der Waals surface area contributed by atoms with E-state index in [1.165, 1.54) is 13.2 Å². The van der Waals surface area contributed by atoms with Gasteiger partial charge in [0.1, 0.15) is 0 Å². The summed E-state index contributed by atoms with van der Waals surface area (Å²) in [6, 6.07) is 0. The quantitative estimate of drug-likeness (QED) is 0.411. The zero-order valence-electron chi connectivity index (χ0n) is 2.76. The Morgan fingerprint density at radius 3 is 1.60 bits per heavy atom. The van der Waals surface area contributed by atoms with Crippen molar-refractivity contribution in [2.45, 2.75) is 6.92 Å². The second kappa shape index (κ2) is 34.0. The van der Waals surface area contributed by atoms with Gasteiger partial charge in [-0.3, -0.25) is 6.29 Å². The summed E-state index contributed by atoms with van der Waals surface area (Å²) in [5.74, 6) is 0. The molecule has 0 unspecified atom stereocenters. The third-order valence-corrected chi connectivity index (χ3v) is 0. The molecule has 5 heavy (non-hydrogen) atoms. The molecule has 0 aromatic carbocycles. The molecular formula is C2H3O2V-. The molecule has 0 heterocycles. The number of hydrogen-bond acceptors (Lipinski definition) is 2. The molecule has 0 aliphatic carbocycles. The van der Waals surface area contributed by atoms with Crippen LogP contribution in [-0.4, -0.2) is 6.29 Å². The predicted octanol–water partition coefficient (Wildman–Crippen LogP) is -0.00530. The summed E-state index contributed by atoms with van der Waals surface area (Å²) in [6.45, 7) is 1.32. The van der Waals surface area contributed by atoms with E-state index in [0.717, 1.165) is 17.4 Å². The second-order valence-corrected chi connectivity index (χ2v) is 0.204. The summed E-state index contributed by atoms with van der Waals surface area (Å²) in [4.78, 5) is 8.68. The molecular weight excluding hydrogens is 107 g/mol. The average molecular weight is 110 g/mol. The molecule has 0 spiro atoms. The van der Waals surface area contributed by atoms with E-state index in [-0.39, 0.29) is 0 Å². The Hall–Kier alpha value is 0.0544. The maximum atomic E-state index is 8.68. The summed E-state index contributed by atoms with van der Waals surface area (Å²) < 4.78 is 8.19. The van der Waals surface area contributed by atoms with Crippen LogP contribution in [0.5, 0.6) is 0 Å². The van der Waals surface area contributed by atoms with Crippen molar-refractivity contribution in [2.24, 2.45) is 0 Å². The van der Waals surface area contributed by atoms with Crippen LogP contribution < -0.4 is 0 Å². The monoisotopic (exact) mass is 110 g/mol. The van der Waals surface area contributed by atoms with Crippen LogP contribution in [0.3, 0.4) is 0 Å². The molecule has 0 amide bonds. The van der Waals surface area contributed by atoms with Gasteiger partial charge < -0.3 is 4.79 Å². The molecule has 0 aliphatic rings. The molecule has 0 N–H and O–H groups in total. The standard InChI is InChI=1S/C2H3O.O.V/c1-2-3;;/h1H3;;/q-1;;. The molecule has 0 saturated carbocycles. The van der Waals surface area contributed by atoms with Gasteiger partial charge in [0.25, 0.3) is 0 Å². The molecule has 0 atom stereocenters. The molecule has 0 rings (SSSR count). The molecule has 0 fully saturated rings. The SMILES string of the molecule is C[C-]=O.[O]=[V]. The summed E-state index contributed by atoms with van der Waals surface area (Å²) >= 11 is 1.06. The van der Waals surface area contributed by atoms with Crippen LogP contribution in [0, 0.1) is 0 Å². The van der Waals surface area contributed by atoms with E-state index in [1.54, 1.807) is 0 Å². The van der Waals surface area contributed by atoms with Gasteiger partial charge in [-0.25, -0.2) is 0 Å². The van der Waals surface area contributed by atoms with Gasteiger partial charge in [0, 0.05) is 0 Å². The Labute approximate surface area is 39.8 Å². The van der Waals surface area contributed by atoms with E-state index in [1.807, 2.05) is 0 Å². The van der Waals surface area contributed by atoms with E-state index in [9.17, 15) is 0 Å². The number of carbonyl (C=O) groups excluding carboxylic acids is 1. The van der Waals surface area contributed by atoms with Crippen molar-refractivity contribution in [3.8, 4) is 0 Å². The molecule has 0 aromatic heterocycles. The number of rotatable bonds is 0. The first-order valence-electron chi connectivity index (χ1n) is 0.887. The summed E-state index contributed by atoms with van der Waals surface area (Å²) in [7, 11) is 0. The molecule has 29 valence electrons. The molecule has 3 heteroatoms. The van der Waals surface area contributed by atoms with Gasteiger partial charge in [0.15, 0.2) is 0 Å². The van der Waals surface area contributed by atoms with Crippen molar-refractivity contribution in [1.29, 1.82) is 0 Å². The maximum absolute atomic E-state index is 8.68. The minimum absolute atomic E-state index is 1.06. The van der Waals surface area contributed by atoms with E-state index in [0.29, 0.717) is 0 Å². The zero-order valence-corrected chi connectivity index (χ0v) is 4.16. The van der Waals surface area contributed by atoms with Crippen molar-refractivity contribution in [3.63, 3.8) is 0 Å². The van der Waals surface area contributed by atoms with E-state index in [2.05, 4.69) is 0 Å². The van der Waals surface area contributed by atoms with Gasteiger partial charge >= 0.3 is 21.0 Å². The third-order valence-electron chi connectivity index (χ3n) is 0. The Kier molecular flexibility index (Phi) is 60.6. The van der Waals surface area contributed by atoms with Crippen LogP contribution >= 0.6 is 0 Å².